The molecular weight excluding hydrogens is 451 g/mol. The van der Waals surface area contributed by atoms with Crippen LogP contribution in [0.15, 0.2) is 74.6 Å². The first-order valence-corrected chi connectivity index (χ1v) is 10.5. The van der Waals surface area contributed by atoms with Gasteiger partial charge in [-0.1, -0.05) is 15.9 Å². The SMILES string of the molecule is O=C(NCc1cc(Br)ccc1F)c1ccc(S(=O)(=O)NCc2ccco2)cc1. The van der Waals surface area contributed by atoms with Gasteiger partial charge in [-0.25, -0.2) is 17.5 Å². The average molecular weight is 467 g/mol. The number of benzene rings is 2. The van der Waals surface area contributed by atoms with Gasteiger partial charge >= 0.3 is 0 Å². The van der Waals surface area contributed by atoms with Crippen LogP contribution >= 0.6 is 15.9 Å². The number of sulfonamides is 1. The molecule has 0 aliphatic heterocycles. The summed E-state index contributed by atoms with van der Waals surface area (Å²) in [5.74, 6) is -0.376. The van der Waals surface area contributed by atoms with Crippen LogP contribution in [-0.2, 0) is 23.1 Å². The number of amides is 1. The van der Waals surface area contributed by atoms with Crippen molar-refractivity contribution in [2.75, 3.05) is 0 Å². The quantitative estimate of drug-likeness (QED) is 0.556. The van der Waals surface area contributed by atoms with Crippen molar-refractivity contribution in [1.82, 2.24) is 10.0 Å². The van der Waals surface area contributed by atoms with Crippen molar-refractivity contribution in [2.24, 2.45) is 0 Å². The largest absolute Gasteiger partial charge is 0.468 e. The maximum absolute atomic E-state index is 13.7. The molecule has 0 bridgehead atoms. The highest BCUT2D eigenvalue weighted by molar-refractivity contribution is 9.10. The van der Waals surface area contributed by atoms with Gasteiger partial charge in [-0.3, -0.25) is 4.79 Å². The Morgan fingerprint density at radius 2 is 1.82 bits per heavy atom. The molecule has 2 aromatic carbocycles. The summed E-state index contributed by atoms with van der Waals surface area (Å²) in [6.45, 7) is 0.0324. The average Bonchev–Trinajstić information content (AvgIpc) is 3.21. The molecule has 2 N–H and O–H groups in total. The normalized spacial score (nSPS) is 11.4. The van der Waals surface area contributed by atoms with Crippen LogP contribution < -0.4 is 10.0 Å². The van der Waals surface area contributed by atoms with Crippen molar-refractivity contribution < 1.29 is 22.0 Å². The predicted molar refractivity (Wildman–Crippen MR) is 104 cm³/mol. The molecule has 0 aliphatic rings. The molecule has 0 saturated heterocycles. The first-order chi connectivity index (χ1) is 13.3. The van der Waals surface area contributed by atoms with Gasteiger partial charge in [-0.2, -0.15) is 0 Å². The van der Waals surface area contributed by atoms with Crippen LogP contribution in [0.4, 0.5) is 4.39 Å². The van der Waals surface area contributed by atoms with Gasteiger partial charge < -0.3 is 9.73 Å². The lowest BCUT2D eigenvalue weighted by molar-refractivity contribution is 0.0950. The van der Waals surface area contributed by atoms with Crippen LogP contribution in [0.2, 0.25) is 0 Å². The van der Waals surface area contributed by atoms with E-state index in [1.165, 1.54) is 36.6 Å². The first-order valence-electron chi connectivity index (χ1n) is 8.19. The highest BCUT2D eigenvalue weighted by Gasteiger charge is 2.15. The molecule has 0 unspecified atom stereocenters. The Kier molecular flexibility index (Phi) is 6.28. The van der Waals surface area contributed by atoms with E-state index in [1.807, 2.05) is 0 Å². The zero-order chi connectivity index (χ0) is 20.1. The van der Waals surface area contributed by atoms with Crippen LogP contribution in [0.1, 0.15) is 21.7 Å². The Labute approximate surface area is 169 Å². The molecule has 6 nitrogen and oxygen atoms in total. The van der Waals surface area contributed by atoms with Crippen LogP contribution in [0, 0.1) is 5.82 Å². The summed E-state index contributed by atoms with van der Waals surface area (Å²) >= 11 is 3.25. The van der Waals surface area contributed by atoms with Crippen LogP contribution in [0.5, 0.6) is 0 Å². The molecule has 3 rings (SSSR count). The third-order valence-electron chi connectivity index (χ3n) is 3.89. The van der Waals surface area contributed by atoms with Crippen LogP contribution in [0.25, 0.3) is 0 Å². The van der Waals surface area contributed by atoms with E-state index < -0.39 is 21.7 Å². The number of rotatable bonds is 7. The predicted octanol–water partition coefficient (Wildman–Crippen LogP) is 3.59. The first kappa shape index (κ1) is 20.2. The van der Waals surface area contributed by atoms with E-state index in [-0.39, 0.29) is 23.5 Å². The van der Waals surface area contributed by atoms with Crippen molar-refractivity contribution in [1.29, 1.82) is 0 Å². The van der Waals surface area contributed by atoms with Gasteiger partial charge in [0.2, 0.25) is 10.0 Å². The van der Waals surface area contributed by atoms with Gasteiger partial charge in [0.25, 0.3) is 5.91 Å². The third-order valence-corrected chi connectivity index (χ3v) is 5.80. The zero-order valence-corrected chi connectivity index (χ0v) is 16.9. The van der Waals surface area contributed by atoms with E-state index in [1.54, 1.807) is 24.3 Å². The van der Waals surface area contributed by atoms with Crippen molar-refractivity contribution >= 4 is 31.9 Å². The Balaban J connectivity index is 1.62. The molecule has 0 atom stereocenters. The molecule has 0 aliphatic carbocycles. The van der Waals surface area contributed by atoms with Gasteiger partial charge in [0.15, 0.2) is 0 Å². The summed E-state index contributed by atoms with van der Waals surface area (Å²) in [5.41, 5.74) is 0.601. The topological polar surface area (TPSA) is 88.4 Å². The number of carbonyl (C=O) groups excluding carboxylic acids is 1. The minimum Gasteiger partial charge on any atom is -0.468 e. The second kappa shape index (κ2) is 8.68. The minimum atomic E-state index is -3.74. The second-order valence-electron chi connectivity index (χ2n) is 5.85. The summed E-state index contributed by atoms with van der Waals surface area (Å²) in [4.78, 5) is 12.3. The molecule has 146 valence electrons. The number of hydrogen-bond acceptors (Lipinski definition) is 4. The lowest BCUT2D eigenvalue weighted by atomic mass is 10.2. The van der Waals surface area contributed by atoms with Crippen molar-refractivity contribution in [3.63, 3.8) is 0 Å². The summed E-state index contributed by atoms with van der Waals surface area (Å²) in [7, 11) is -3.74. The Bertz CT molecular complexity index is 1070. The van der Waals surface area contributed by atoms with Crippen molar-refractivity contribution in [3.05, 3.63) is 88.0 Å². The highest BCUT2D eigenvalue weighted by Crippen LogP contribution is 2.16. The fraction of sp³-hybridized carbons (Fsp3) is 0.105. The minimum absolute atomic E-state index is 0.00879. The number of hydrogen-bond donors (Lipinski definition) is 2. The molecule has 9 heteroatoms. The third kappa shape index (κ3) is 5.06. The van der Waals surface area contributed by atoms with E-state index in [0.29, 0.717) is 15.8 Å². The van der Waals surface area contributed by atoms with E-state index in [9.17, 15) is 17.6 Å². The van der Waals surface area contributed by atoms with E-state index >= 15 is 0 Å². The lowest BCUT2D eigenvalue weighted by Gasteiger charge is -2.09. The van der Waals surface area contributed by atoms with Crippen LogP contribution in [-0.4, -0.2) is 14.3 Å². The van der Waals surface area contributed by atoms with Crippen molar-refractivity contribution in [3.8, 4) is 0 Å². The Morgan fingerprint density at radius 1 is 1.07 bits per heavy atom. The maximum Gasteiger partial charge on any atom is 0.251 e. The summed E-state index contributed by atoms with van der Waals surface area (Å²) in [6.07, 6.45) is 1.46. The smallest absolute Gasteiger partial charge is 0.251 e. The van der Waals surface area contributed by atoms with E-state index in [0.717, 1.165) is 0 Å². The van der Waals surface area contributed by atoms with Gasteiger partial charge in [0.1, 0.15) is 11.6 Å². The molecule has 0 saturated carbocycles. The molecule has 28 heavy (non-hydrogen) atoms. The van der Waals surface area contributed by atoms with Gasteiger partial charge in [-0.05, 0) is 54.6 Å². The maximum atomic E-state index is 13.7. The lowest BCUT2D eigenvalue weighted by Crippen LogP contribution is -2.24. The van der Waals surface area contributed by atoms with E-state index in [4.69, 9.17) is 4.42 Å². The molecule has 0 fully saturated rings. The van der Waals surface area contributed by atoms with E-state index in [2.05, 4.69) is 26.0 Å². The molecular formula is C19H16BrFN2O4S. The molecule has 0 radical (unpaired) electrons. The monoisotopic (exact) mass is 466 g/mol. The molecule has 1 aromatic heterocycles. The number of furan rings is 1. The number of carbonyl (C=O) groups is 1. The van der Waals surface area contributed by atoms with Gasteiger partial charge in [0.05, 0.1) is 17.7 Å². The van der Waals surface area contributed by atoms with Crippen molar-refractivity contribution in [2.45, 2.75) is 18.0 Å². The molecule has 1 amide bonds. The van der Waals surface area contributed by atoms with Gasteiger partial charge in [-0.15, -0.1) is 0 Å². The molecule has 3 aromatic rings. The standard InChI is InChI=1S/C19H16BrFN2O4S/c20-15-5-8-18(21)14(10-15)11-22-19(24)13-3-6-17(7-4-13)28(25,26)23-12-16-2-1-9-27-16/h1-10,23H,11-12H2,(H,22,24). The highest BCUT2D eigenvalue weighted by atomic mass is 79.9. The number of nitrogens with one attached hydrogen (secondary N) is 2. The summed E-state index contributed by atoms with van der Waals surface area (Å²) < 4.78 is 46.5. The fourth-order valence-electron chi connectivity index (χ4n) is 2.40. The fourth-order valence-corrected chi connectivity index (χ4v) is 3.81. The Hall–Kier alpha value is -2.49. The molecule has 0 spiro atoms. The second-order valence-corrected chi connectivity index (χ2v) is 8.53. The number of halogens is 2. The molecule has 1 heterocycles. The van der Waals surface area contributed by atoms with Crippen LogP contribution in [0.3, 0.4) is 0 Å². The summed E-state index contributed by atoms with van der Waals surface area (Å²) in [5, 5.41) is 2.61. The summed E-state index contributed by atoms with van der Waals surface area (Å²) in [6, 6.07) is 13.2. The van der Waals surface area contributed by atoms with Gasteiger partial charge in [0, 0.05) is 22.1 Å². The zero-order valence-electron chi connectivity index (χ0n) is 14.5. The Morgan fingerprint density at radius 3 is 2.50 bits per heavy atom.